The third kappa shape index (κ3) is 3.92. The Morgan fingerprint density at radius 3 is 2.78 bits per heavy atom. The van der Waals surface area contributed by atoms with E-state index in [4.69, 9.17) is 4.74 Å². The number of rotatable bonds is 5. The van der Waals surface area contributed by atoms with Gasteiger partial charge in [0.15, 0.2) is 6.61 Å². The van der Waals surface area contributed by atoms with Gasteiger partial charge >= 0.3 is 5.97 Å². The molecule has 1 amide bonds. The van der Waals surface area contributed by atoms with Gasteiger partial charge in [0, 0.05) is 6.54 Å². The van der Waals surface area contributed by atoms with Crippen LogP contribution in [0.1, 0.15) is 15.9 Å². The quantitative estimate of drug-likeness (QED) is 0.732. The highest BCUT2D eigenvalue weighted by molar-refractivity contribution is 7.16. The van der Waals surface area contributed by atoms with Crippen molar-refractivity contribution in [3.8, 4) is 0 Å². The number of hydrogen-bond acceptors (Lipinski definition) is 5. The number of aromatic nitrogens is 1. The Balaban J connectivity index is 1.51. The molecule has 5 nitrogen and oxygen atoms in total. The van der Waals surface area contributed by atoms with E-state index in [1.165, 1.54) is 11.3 Å². The second kappa shape index (κ2) is 7.02. The summed E-state index contributed by atoms with van der Waals surface area (Å²) >= 11 is 1.45. The van der Waals surface area contributed by atoms with Gasteiger partial charge in [-0.15, -0.1) is 11.3 Å². The van der Waals surface area contributed by atoms with Gasteiger partial charge in [-0.25, -0.2) is 9.78 Å². The lowest BCUT2D eigenvalue weighted by molar-refractivity contribution is -0.124. The third-order valence-corrected chi connectivity index (χ3v) is 4.03. The van der Waals surface area contributed by atoms with E-state index in [9.17, 15) is 9.59 Å². The van der Waals surface area contributed by atoms with Gasteiger partial charge in [0.2, 0.25) is 0 Å². The molecule has 0 atom stereocenters. The number of thiazole rings is 1. The van der Waals surface area contributed by atoms with Crippen LogP contribution in [-0.4, -0.2) is 23.5 Å². The zero-order chi connectivity index (χ0) is 16.1. The SMILES string of the molecule is O=C(COC(=O)c1ccc2ncsc2c1)NCc1ccccc1. The van der Waals surface area contributed by atoms with Gasteiger partial charge in [0.05, 0.1) is 21.3 Å². The van der Waals surface area contributed by atoms with Crippen LogP contribution in [0.15, 0.2) is 54.0 Å². The Kier molecular flexibility index (Phi) is 4.63. The fourth-order valence-corrected chi connectivity index (χ4v) is 2.76. The highest BCUT2D eigenvalue weighted by atomic mass is 32.1. The van der Waals surface area contributed by atoms with Crippen molar-refractivity contribution in [3.05, 3.63) is 65.2 Å². The van der Waals surface area contributed by atoms with E-state index in [1.54, 1.807) is 23.7 Å². The number of ether oxygens (including phenoxy) is 1. The molecule has 3 rings (SSSR count). The molecule has 0 aliphatic heterocycles. The molecule has 0 saturated carbocycles. The summed E-state index contributed by atoms with van der Waals surface area (Å²) < 4.78 is 5.95. The van der Waals surface area contributed by atoms with Crippen LogP contribution in [0.5, 0.6) is 0 Å². The first-order valence-corrected chi connectivity index (χ1v) is 7.91. The zero-order valence-corrected chi connectivity index (χ0v) is 13.0. The summed E-state index contributed by atoms with van der Waals surface area (Å²) in [4.78, 5) is 27.8. The average Bonchev–Trinajstić information content (AvgIpc) is 3.06. The molecule has 0 fully saturated rings. The van der Waals surface area contributed by atoms with Crippen molar-refractivity contribution >= 4 is 33.4 Å². The number of benzene rings is 2. The van der Waals surface area contributed by atoms with E-state index in [2.05, 4.69) is 10.3 Å². The molecule has 0 radical (unpaired) electrons. The summed E-state index contributed by atoms with van der Waals surface area (Å²) in [5.41, 5.74) is 3.96. The first-order valence-electron chi connectivity index (χ1n) is 7.03. The molecule has 6 heteroatoms. The van der Waals surface area contributed by atoms with Crippen LogP contribution in [0.4, 0.5) is 0 Å². The number of esters is 1. The summed E-state index contributed by atoms with van der Waals surface area (Å²) in [7, 11) is 0. The highest BCUT2D eigenvalue weighted by Crippen LogP contribution is 2.19. The van der Waals surface area contributed by atoms with Gasteiger partial charge in [-0.05, 0) is 23.8 Å². The second-order valence-electron chi connectivity index (χ2n) is 4.87. The Labute approximate surface area is 136 Å². The molecule has 0 aliphatic carbocycles. The van der Waals surface area contributed by atoms with Crippen molar-refractivity contribution in [2.45, 2.75) is 6.54 Å². The van der Waals surface area contributed by atoms with Crippen molar-refractivity contribution < 1.29 is 14.3 Å². The molecule has 0 saturated heterocycles. The third-order valence-electron chi connectivity index (χ3n) is 3.23. The van der Waals surface area contributed by atoms with E-state index >= 15 is 0 Å². The summed E-state index contributed by atoms with van der Waals surface area (Å²) in [6.07, 6.45) is 0. The molecular formula is C17H14N2O3S. The first-order chi connectivity index (χ1) is 11.2. The van der Waals surface area contributed by atoms with Crippen molar-refractivity contribution in [3.63, 3.8) is 0 Å². The molecule has 116 valence electrons. The van der Waals surface area contributed by atoms with E-state index in [0.717, 1.165) is 15.8 Å². The Morgan fingerprint density at radius 2 is 1.96 bits per heavy atom. The van der Waals surface area contributed by atoms with Crippen LogP contribution in [0, 0.1) is 0 Å². The van der Waals surface area contributed by atoms with Gasteiger partial charge < -0.3 is 10.1 Å². The molecule has 0 aliphatic rings. The maximum atomic E-state index is 12.0. The monoisotopic (exact) mass is 326 g/mol. The Bertz CT molecular complexity index is 830. The summed E-state index contributed by atoms with van der Waals surface area (Å²) in [5, 5.41) is 2.71. The molecule has 23 heavy (non-hydrogen) atoms. The van der Waals surface area contributed by atoms with E-state index in [0.29, 0.717) is 12.1 Å². The number of hydrogen-bond donors (Lipinski definition) is 1. The minimum Gasteiger partial charge on any atom is -0.452 e. The van der Waals surface area contributed by atoms with Gasteiger partial charge in [-0.1, -0.05) is 30.3 Å². The molecular weight excluding hydrogens is 312 g/mol. The fraction of sp³-hybridized carbons (Fsp3) is 0.118. The van der Waals surface area contributed by atoms with Crippen LogP contribution < -0.4 is 5.32 Å². The van der Waals surface area contributed by atoms with Gasteiger partial charge in [0.25, 0.3) is 5.91 Å². The number of amides is 1. The lowest BCUT2D eigenvalue weighted by atomic mass is 10.2. The predicted molar refractivity (Wildman–Crippen MR) is 88.2 cm³/mol. The highest BCUT2D eigenvalue weighted by Gasteiger charge is 2.11. The number of nitrogens with one attached hydrogen (secondary N) is 1. The lowest BCUT2D eigenvalue weighted by Gasteiger charge is -2.06. The molecule has 0 spiro atoms. The fourth-order valence-electron chi connectivity index (χ4n) is 2.04. The van der Waals surface area contributed by atoms with E-state index in [-0.39, 0.29) is 12.5 Å². The summed E-state index contributed by atoms with van der Waals surface area (Å²) in [6.45, 7) is 0.108. The molecule has 1 aromatic heterocycles. The van der Waals surface area contributed by atoms with Crippen LogP contribution in [0.25, 0.3) is 10.2 Å². The van der Waals surface area contributed by atoms with Gasteiger partial charge in [0.1, 0.15) is 0 Å². The minimum absolute atomic E-state index is 0.299. The summed E-state index contributed by atoms with van der Waals surface area (Å²) in [5.74, 6) is -0.851. The van der Waals surface area contributed by atoms with Crippen molar-refractivity contribution in [2.24, 2.45) is 0 Å². The largest absolute Gasteiger partial charge is 0.452 e. The Hall–Kier alpha value is -2.73. The maximum Gasteiger partial charge on any atom is 0.338 e. The second-order valence-corrected chi connectivity index (χ2v) is 5.76. The molecule has 0 unspecified atom stereocenters. The zero-order valence-electron chi connectivity index (χ0n) is 12.2. The number of nitrogens with zero attached hydrogens (tertiary/aromatic N) is 1. The molecule has 1 N–H and O–H groups in total. The minimum atomic E-state index is -0.518. The average molecular weight is 326 g/mol. The van der Waals surface area contributed by atoms with Gasteiger partial charge in [-0.2, -0.15) is 0 Å². The normalized spacial score (nSPS) is 10.4. The number of carbonyl (C=O) groups is 2. The number of carbonyl (C=O) groups excluding carboxylic acids is 2. The predicted octanol–water partition coefficient (Wildman–Crippen LogP) is 2.77. The van der Waals surface area contributed by atoms with Crippen molar-refractivity contribution in [1.82, 2.24) is 10.3 Å². The molecule has 2 aromatic carbocycles. The van der Waals surface area contributed by atoms with E-state index in [1.807, 2.05) is 30.3 Å². The standard InChI is InChI=1S/C17H14N2O3S/c20-16(18-9-12-4-2-1-3-5-12)10-22-17(21)13-6-7-14-15(8-13)23-11-19-14/h1-8,11H,9-10H2,(H,18,20). The smallest absolute Gasteiger partial charge is 0.338 e. The maximum absolute atomic E-state index is 12.0. The van der Waals surface area contributed by atoms with Gasteiger partial charge in [-0.3, -0.25) is 4.79 Å². The molecule has 3 aromatic rings. The van der Waals surface area contributed by atoms with Crippen molar-refractivity contribution in [2.75, 3.05) is 6.61 Å². The topological polar surface area (TPSA) is 68.3 Å². The number of fused-ring (bicyclic) bond motifs is 1. The van der Waals surface area contributed by atoms with Crippen LogP contribution in [0.3, 0.4) is 0 Å². The Morgan fingerprint density at radius 1 is 1.13 bits per heavy atom. The van der Waals surface area contributed by atoms with E-state index < -0.39 is 5.97 Å². The van der Waals surface area contributed by atoms with Crippen molar-refractivity contribution in [1.29, 1.82) is 0 Å². The first kappa shape index (κ1) is 15.2. The molecule has 1 heterocycles. The van der Waals surface area contributed by atoms with Crippen LogP contribution in [0.2, 0.25) is 0 Å². The lowest BCUT2D eigenvalue weighted by Crippen LogP contribution is -2.28. The molecule has 0 bridgehead atoms. The van der Waals surface area contributed by atoms with Crippen LogP contribution >= 0.6 is 11.3 Å². The summed E-state index contributed by atoms with van der Waals surface area (Å²) in [6, 6.07) is 14.7. The van der Waals surface area contributed by atoms with Crippen LogP contribution in [-0.2, 0) is 16.1 Å².